The molecule has 0 atom stereocenters. The Labute approximate surface area is 173 Å². The lowest BCUT2D eigenvalue weighted by Gasteiger charge is -2.26. The molecule has 8 heteroatoms. The maximum Gasteiger partial charge on any atom is 0.272 e. The van der Waals surface area contributed by atoms with Gasteiger partial charge in [0.15, 0.2) is 6.61 Å². The zero-order chi connectivity index (χ0) is 21.1. The zero-order valence-corrected chi connectivity index (χ0v) is 16.6. The lowest BCUT2D eigenvalue weighted by Crippen LogP contribution is -2.42. The van der Waals surface area contributed by atoms with Crippen molar-refractivity contribution >= 4 is 28.4 Å². The van der Waals surface area contributed by atoms with Crippen molar-refractivity contribution in [3.63, 3.8) is 0 Å². The third kappa shape index (κ3) is 4.28. The van der Waals surface area contributed by atoms with E-state index in [1.165, 1.54) is 12.1 Å². The van der Waals surface area contributed by atoms with Crippen molar-refractivity contribution in [1.29, 1.82) is 0 Å². The Balaban J connectivity index is 1.37. The molecule has 1 N–H and O–H groups in total. The molecule has 1 fully saturated rings. The molecule has 2 aromatic carbocycles. The molecule has 156 valence electrons. The summed E-state index contributed by atoms with van der Waals surface area (Å²) in [4.78, 5) is 26.5. The van der Waals surface area contributed by atoms with Crippen LogP contribution in [0.15, 0.2) is 48.5 Å². The van der Waals surface area contributed by atoms with Crippen molar-refractivity contribution in [1.82, 2.24) is 9.47 Å². The Hall–Kier alpha value is -3.39. The standard InChI is InChI=1S/C22H22FN3O4/c1-25-19-7-2-16(23)12-15(19)13-20(25)22(28)24-17-3-5-18(6-4-17)30-14-21(27)26-8-10-29-11-9-26/h2-7,12-13H,8-11,14H2,1H3,(H,24,28). The fourth-order valence-electron chi connectivity index (χ4n) is 3.42. The molecule has 30 heavy (non-hydrogen) atoms. The van der Waals surface area contributed by atoms with Gasteiger partial charge < -0.3 is 24.3 Å². The van der Waals surface area contributed by atoms with Gasteiger partial charge in [-0.05, 0) is 48.5 Å². The first kappa shape index (κ1) is 19.9. The van der Waals surface area contributed by atoms with Gasteiger partial charge >= 0.3 is 0 Å². The molecule has 0 aliphatic carbocycles. The number of fused-ring (bicyclic) bond motifs is 1. The predicted octanol–water partition coefficient (Wildman–Crippen LogP) is 2.81. The number of aromatic nitrogens is 1. The summed E-state index contributed by atoms with van der Waals surface area (Å²) in [5.74, 6) is -0.189. The van der Waals surface area contributed by atoms with E-state index in [-0.39, 0.29) is 24.2 Å². The molecule has 1 aromatic heterocycles. The third-order valence-electron chi connectivity index (χ3n) is 5.08. The van der Waals surface area contributed by atoms with Gasteiger partial charge in [-0.25, -0.2) is 4.39 Å². The number of benzene rings is 2. The average molecular weight is 411 g/mol. The Morgan fingerprint density at radius 2 is 1.83 bits per heavy atom. The molecule has 7 nitrogen and oxygen atoms in total. The first-order chi connectivity index (χ1) is 14.5. The van der Waals surface area contributed by atoms with E-state index < -0.39 is 0 Å². The SMILES string of the molecule is Cn1c(C(=O)Nc2ccc(OCC(=O)N3CCOCC3)cc2)cc2cc(F)ccc21. The van der Waals surface area contributed by atoms with E-state index in [4.69, 9.17) is 9.47 Å². The quantitative estimate of drug-likeness (QED) is 0.701. The number of anilines is 1. The molecular weight excluding hydrogens is 389 g/mol. The summed E-state index contributed by atoms with van der Waals surface area (Å²) in [6.45, 7) is 2.21. The number of morpholine rings is 1. The summed E-state index contributed by atoms with van der Waals surface area (Å²) in [6, 6.07) is 12.9. The number of carbonyl (C=O) groups is 2. The number of rotatable bonds is 5. The second kappa shape index (κ2) is 8.54. The smallest absolute Gasteiger partial charge is 0.272 e. The topological polar surface area (TPSA) is 72.8 Å². The predicted molar refractivity (Wildman–Crippen MR) is 110 cm³/mol. The summed E-state index contributed by atoms with van der Waals surface area (Å²) in [6.07, 6.45) is 0. The van der Waals surface area contributed by atoms with Crippen LogP contribution in [0.4, 0.5) is 10.1 Å². The van der Waals surface area contributed by atoms with Gasteiger partial charge in [0.2, 0.25) is 0 Å². The number of nitrogens with one attached hydrogen (secondary N) is 1. The zero-order valence-electron chi connectivity index (χ0n) is 16.6. The van der Waals surface area contributed by atoms with Crippen LogP contribution >= 0.6 is 0 Å². The van der Waals surface area contributed by atoms with Gasteiger partial charge in [0.1, 0.15) is 17.3 Å². The van der Waals surface area contributed by atoms with Crippen LogP contribution in [0.3, 0.4) is 0 Å². The highest BCUT2D eigenvalue weighted by molar-refractivity contribution is 6.06. The normalized spacial score (nSPS) is 14.0. The molecule has 0 unspecified atom stereocenters. The van der Waals surface area contributed by atoms with E-state index >= 15 is 0 Å². The van der Waals surface area contributed by atoms with Crippen molar-refractivity contribution in [2.24, 2.45) is 7.05 Å². The van der Waals surface area contributed by atoms with Crippen LogP contribution in [-0.2, 0) is 16.6 Å². The van der Waals surface area contributed by atoms with Crippen molar-refractivity contribution < 1.29 is 23.5 Å². The molecule has 2 amide bonds. The maximum atomic E-state index is 13.4. The molecule has 1 aliphatic rings. The number of amides is 2. The highest BCUT2D eigenvalue weighted by Crippen LogP contribution is 2.22. The second-order valence-corrected chi connectivity index (χ2v) is 7.05. The molecule has 1 saturated heterocycles. The molecule has 0 spiro atoms. The van der Waals surface area contributed by atoms with Crippen LogP contribution in [0.2, 0.25) is 0 Å². The van der Waals surface area contributed by atoms with Crippen molar-refractivity contribution in [3.05, 3.63) is 60.0 Å². The van der Waals surface area contributed by atoms with E-state index in [0.717, 1.165) is 5.52 Å². The summed E-state index contributed by atoms with van der Waals surface area (Å²) in [5.41, 5.74) is 1.78. The Kier molecular flexibility index (Phi) is 5.67. The Morgan fingerprint density at radius 1 is 1.10 bits per heavy atom. The summed E-state index contributed by atoms with van der Waals surface area (Å²) >= 11 is 0. The molecule has 0 saturated carbocycles. The number of halogens is 1. The number of aryl methyl sites for hydroxylation is 1. The van der Waals surface area contributed by atoms with Gasteiger partial charge in [0.25, 0.3) is 11.8 Å². The van der Waals surface area contributed by atoms with Crippen molar-refractivity contribution in [2.75, 3.05) is 38.2 Å². The van der Waals surface area contributed by atoms with Gasteiger partial charge in [-0.15, -0.1) is 0 Å². The van der Waals surface area contributed by atoms with Crippen LogP contribution in [0, 0.1) is 5.82 Å². The minimum atomic E-state index is -0.345. The number of nitrogens with zero attached hydrogens (tertiary/aromatic N) is 2. The molecule has 4 rings (SSSR count). The van der Waals surface area contributed by atoms with Gasteiger partial charge in [-0.2, -0.15) is 0 Å². The summed E-state index contributed by atoms with van der Waals surface area (Å²) in [5, 5.41) is 3.48. The van der Waals surface area contributed by atoms with E-state index in [0.29, 0.717) is 48.8 Å². The maximum absolute atomic E-state index is 13.4. The molecule has 0 bridgehead atoms. The van der Waals surface area contributed by atoms with Gasteiger partial charge in [0, 0.05) is 36.7 Å². The minimum Gasteiger partial charge on any atom is -0.484 e. The van der Waals surface area contributed by atoms with Crippen LogP contribution in [-0.4, -0.2) is 54.2 Å². The van der Waals surface area contributed by atoms with Crippen molar-refractivity contribution in [3.8, 4) is 5.75 Å². The van der Waals surface area contributed by atoms with Gasteiger partial charge in [0.05, 0.1) is 13.2 Å². The van der Waals surface area contributed by atoms with Crippen molar-refractivity contribution in [2.45, 2.75) is 0 Å². The Bertz CT molecular complexity index is 1070. The van der Waals surface area contributed by atoms with E-state index in [1.54, 1.807) is 52.9 Å². The third-order valence-corrected chi connectivity index (χ3v) is 5.08. The van der Waals surface area contributed by atoms with Gasteiger partial charge in [-0.1, -0.05) is 0 Å². The number of hydrogen-bond donors (Lipinski definition) is 1. The minimum absolute atomic E-state index is 0.0434. The largest absolute Gasteiger partial charge is 0.484 e. The number of hydrogen-bond acceptors (Lipinski definition) is 4. The fraction of sp³-hybridized carbons (Fsp3) is 0.273. The molecule has 3 aromatic rings. The van der Waals surface area contributed by atoms with Crippen LogP contribution in [0.5, 0.6) is 5.75 Å². The first-order valence-electron chi connectivity index (χ1n) is 9.66. The van der Waals surface area contributed by atoms with Gasteiger partial charge in [-0.3, -0.25) is 9.59 Å². The van der Waals surface area contributed by atoms with Crippen LogP contribution in [0.1, 0.15) is 10.5 Å². The van der Waals surface area contributed by atoms with E-state index in [1.807, 2.05) is 0 Å². The summed E-state index contributed by atoms with van der Waals surface area (Å²) in [7, 11) is 1.76. The molecule has 0 radical (unpaired) electrons. The highest BCUT2D eigenvalue weighted by atomic mass is 19.1. The van der Waals surface area contributed by atoms with Crippen LogP contribution in [0.25, 0.3) is 10.9 Å². The Morgan fingerprint density at radius 3 is 2.57 bits per heavy atom. The number of ether oxygens (including phenoxy) is 2. The lowest BCUT2D eigenvalue weighted by molar-refractivity contribution is -0.137. The number of carbonyl (C=O) groups excluding carboxylic acids is 2. The van der Waals surface area contributed by atoms with E-state index in [9.17, 15) is 14.0 Å². The first-order valence-corrected chi connectivity index (χ1v) is 9.66. The fourth-order valence-corrected chi connectivity index (χ4v) is 3.42. The monoisotopic (exact) mass is 411 g/mol. The highest BCUT2D eigenvalue weighted by Gasteiger charge is 2.17. The average Bonchev–Trinajstić information content (AvgIpc) is 3.09. The molecule has 1 aliphatic heterocycles. The summed E-state index contributed by atoms with van der Waals surface area (Å²) < 4.78 is 25.9. The molecular formula is C22H22FN3O4. The lowest BCUT2D eigenvalue weighted by atomic mass is 10.2. The second-order valence-electron chi connectivity index (χ2n) is 7.05. The van der Waals surface area contributed by atoms with E-state index in [2.05, 4.69) is 5.32 Å². The molecule has 2 heterocycles. The van der Waals surface area contributed by atoms with Crippen LogP contribution < -0.4 is 10.1 Å².